The minimum Gasteiger partial charge on any atom is -0.451 e. The smallest absolute Gasteiger partial charge is 0.293 e. The second-order valence-corrected chi connectivity index (χ2v) is 6.76. The quantitative estimate of drug-likeness (QED) is 0.572. The number of hydrogen-bond acceptors (Lipinski definition) is 6. The molecule has 0 aliphatic carbocycles. The summed E-state index contributed by atoms with van der Waals surface area (Å²) >= 11 is 7.11. The van der Waals surface area contributed by atoms with Gasteiger partial charge in [0.15, 0.2) is 11.2 Å². The molecule has 0 saturated heterocycles. The minimum absolute atomic E-state index is 0.110. The lowest BCUT2D eigenvalue weighted by atomic mass is 10.2. The van der Waals surface area contributed by atoms with E-state index in [0.717, 1.165) is 11.6 Å². The molecule has 0 unspecified atom stereocenters. The standard InChI is InChI=1S/C18H10ClN3O3S/c19-11-6-7-14-12(8-11)13(23)9-15(25-14)16(24)20-18-22-21-17(26-18)10-4-2-1-3-5-10/h1-9H,(H,20,22,24). The van der Waals surface area contributed by atoms with E-state index in [1.54, 1.807) is 12.1 Å². The van der Waals surface area contributed by atoms with Crippen molar-refractivity contribution in [2.45, 2.75) is 0 Å². The highest BCUT2D eigenvalue weighted by atomic mass is 35.5. The predicted molar refractivity (Wildman–Crippen MR) is 101 cm³/mol. The topological polar surface area (TPSA) is 85.1 Å². The molecule has 26 heavy (non-hydrogen) atoms. The summed E-state index contributed by atoms with van der Waals surface area (Å²) < 4.78 is 5.51. The Balaban J connectivity index is 1.61. The van der Waals surface area contributed by atoms with E-state index < -0.39 is 5.91 Å². The lowest BCUT2D eigenvalue weighted by Crippen LogP contribution is -2.14. The van der Waals surface area contributed by atoms with Crippen LogP contribution in [-0.2, 0) is 0 Å². The average Bonchev–Trinajstić information content (AvgIpc) is 3.11. The van der Waals surface area contributed by atoms with Gasteiger partial charge in [0.25, 0.3) is 5.91 Å². The number of nitrogens with one attached hydrogen (secondary N) is 1. The molecule has 0 aliphatic rings. The minimum atomic E-state index is -0.574. The van der Waals surface area contributed by atoms with Crippen molar-refractivity contribution in [2.75, 3.05) is 5.32 Å². The summed E-state index contributed by atoms with van der Waals surface area (Å²) in [6.07, 6.45) is 0. The third kappa shape index (κ3) is 3.22. The molecule has 1 amide bonds. The van der Waals surface area contributed by atoms with Gasteiger partial charge in [-0.3, -0.25) is 14.9 Å². The van der Waals surface area contributed by atoms with Crippen molar-refractivity contribution < 1.29 is 9.21 Å². The Labute approximate surface area is 156 Å². The monoisotopic (exact) mass is 383 g/mol. The number of carbonyl (C=O) groups excluding carboxylic acids is 1. The van der Waals surface area contributed by atoms with Crippen molar-refractivity contribution in [3.8, 4) is 10.6 Å². The zero-order chi connectivity index (χ0) is 18.1. The maximum Gasteiger partial charge on any atom is 0.293 e. The molecular formula is C18H10ClN3O3S. The van der Waals surface area contributed by atoms with Crippen LogP contribution < -0.4 is 10.7 Å². The number of rotatable bonds is 3. The number of anilines is 1. The summed E-state index contributed by atoms with van der Waals surface area (Å²) in [5, 5.41) is 12.3. The number of halogens is 1. The van der Waals surface area contributed by atoms with Crippen LogP contribution in [-0.4, -0.2) is 16.1 Å². The first kappa shape index (κ1) is 16.4. The molecule has 8 heteroatoms. The molecule has 2 heterocycles. The number of aromatic nitrogens is 2. The molecule has 0 aliphatic heterocycles. The molecule has 128 valence electrons. The van der Waals surface area contributed by atoms with Crippen LogP contribution in [0.15, 0.2) is 63.8 Å². The van der Waals surface area contributed by atoms with Crippen molar-refractivity contribution in [3.63, 3.8) is 0 Å². The van der Waals surface area contributed by atoms with E-state index in [2.05, 4.69) is 15.5 Å². The van der Waals surface area contributed by atoms with E-state index in [9.17, 15) is 9.59 Å². The normalized spacial score (nSPS) is 10.8. The van der Waals surface area contributed by atoms with Crippen LogP contribution in [0.5, 0.6) is 0 Å². The first-order valence-electron chi connectivity index (χ1n) is 7.54. The fourth-order valence-electron chi connectivity index (χ4n) is 2.37. The van der Waals surface area contributed by atoms with Crippen LogP contribution in [0.2, 0.25) is 5.02 Å². The van der Waals surface area contributed by atoms with Crippen LogP contribution in [0.3, 0.4) is 0 Å². The number of benzene rings is 2. The van der Waals surface area contributed by atoms with Gasteiger partial charge in [-0.05, 0) is 18.2 Å². The molecule has 0 saturated carbocycles. The number of nitrogens with zero attached hydrogens (tertiary/aromatic N) is 2. The molecule has 0 fully saturated rings. The first-order valence-corrected chi connectivity index (χ1v) is 8.73. The van der Waals surface area contributed by atoms with Gasteiger partial charge in [-0.2, -0.15) is 0 Å². The molecule has 6 nitrogen and oxygen atoms in total. The van der Waals surface area contributed by atoms with Gasteiger partial charge in [0.05, 0.1) is 5.39 Å². The molecule has 0 bridgehead atoms. The Kier molecular flexibility index (Phi) is 4.24. The van der Waals surface area contributed by atoms with Crippen LogP contribution >= 0.6 is 22.9 Å². The van der Waals surface area contributed by atoms with E-state index in [1.165, 1.54) is 17.4 Å². The van der Waals surface area contributed by atoms with E-state index in [-0.39, 0.29) is 16.8 Å². The van der Waals surface area contributed by atoms with Crippen LogP contribution in [0.25, 0.3) is 21.5 Å². The SMILES string of the molecule is O=C(Nc1nnc(-c2ccccc2)s1)c1cc(=O)c2cc(Cl)ccc2o1. The van der Waals surface area contributed by atoms with Crippen LogP contribution in [0, 0.1) is 0 Å². The second-order valence-electron chi connectivity index (χ2n) is 5.35. The number of amides is 1. The van der Waals surface area contributed by atoms with Gasteiger partial charge in [-0.25, -0.2) is 0 Å². The van der Waals surface area contributed by atoms with Crippen molar-refractivity contribution in [2.24, 2.45) is 0 Å². The zero-order valence-corrected chi connectivity index (χ0v) is 14.7. The number of fused-ring (bicyclic) bond motifs is 1. The summed E-state index contributed by atoms with van der Waals surface area (Å²) in [6, 6.07) is 15.3. The Bertz CT molecular complexity index is 1170. The van der Waals surface area contributed by atoms with Crippen molar-refractivity contribution in [3.05, 3.63) is 75.6 Å². The predicted octanol–water partition coefficient (Wildman–Crippen LogP) is 4.22. The lowest BCUT2D eigenvalue weighted by molar-refractivity contribution is 0.0997. The van der Waals surface area contributed by atoms with Crippen LogP contribution in [0.1, 0.15) is 10.6 Å². The Hall–Kier alpha value is -3.03. The highest BCUT2D eigenvalue weighted by Gasteiger charge is 2.15. The summed E-state index contributed by atoms with van der Waals surface area (Å²) in [5.74, 6) is -0.684. The fraction of sp³-hybridized carbons (Fsp3) is 0. The number of hydrogen-bond donors (Lipinski definition) is 1. The summed E-state index contributed by atoms with van der Waals surface area (Å²) in [7, 11) is 0. The number of carbonyl (C=O) groups is 1. The maximum absolute atomic E-state index is 12.4. The Morgan fingerprint density at radius 1 is 1.08 bits per heavy atom. The third-order valence-corrected chi connectivity index (χ3v) is 4.70. The highest BCUT2D eigenvalue weighted by Crippen LogP contribution is 2.26. The lowest BCUT2D eigenvalue weighted by Gasteiger charge is -2.02. The summed E-state index contributed by atoms with van der Waals surface area (Å²) in [4.78, 5) is 24.6. The molecule has 4 rings (SSSR count). The van der Waals surface area contributed by atoms with Gasteiger partial charge in [0, 0.05) is 16.7 Å². The molecular weight excluding hydrogens is 374 g/mol. The largest absolute Gasteiger partial charge is 0.451 e. The Morgan fingerprint density at radius 3 is 2.69 bits per heavy atom. The van der Waals surface area contributed by atoms with Gasteiger partial charge < -0.3 is 4.42 Å². The molecule has 2 aromatic carbocycles. The van der Waals surface area contributed by atoms with Gasteiger partial charge in [-0.15, -0.1) is 10.2 Å². The molecule has 0 spiro atoms. The third-order valence-electron chi connectivity index (χ3n) is 3.58. The van der Waals surface area contributed by atoms with Crippen molar-refractivity contribution >= 4 is 44.9 Å². The highest BCUT2D eigenvalue weighted by molar-refractivity contribution is 7.18. The molecule has 1 N–H and O–H groups in total. The first-order chi connectivity index (χ1) is 12.6. The zero-order valence-electron chi connectivity index (χ0n) is 13.1. The molecule has 2 aromatic heterocycles. The van der Waals surface area contributed by atoms with E-state index in [4.69, 9.17) is 16.0 Å². The maximum atomic E-state index is 12.4. The van der Waals surface area contributed by atoms with Crippen LogP contribution in [0.4, 0.5) is 5.13 Å². The molecule has 0 atom stereocenters. The van der Waals surface area contributed by atoms with Crippen molar-refractivity contribution in [1.29, 1.82) is 0 Å². The van der Waals surface area contributed by atoms with Gasteiger partial charge in [0.1, 0.15) is 10.6 Å². The fourth-order valence-corrected chi connectivity index (χ4v) is 3.29. The van der Waals surface area contributed by atoms with Gasteiger partial charge in [0.2, 0.25) is 5.13 Å². The molecule has 0 radical (unpaired) electrons. The summed E-state index contributed by atoms with van der Waals surface area (Å²) in [5.41, 5.74) is 0.843. The van der Waals surface area contributed by atoms with Gasteiger partial charge in [-0.1, -0.05) is 53.3 Å². The van der Waals surface area contributed by atoms with E-state index in [1.807, 2.05) is 30.3 Å². The summed E-state index contributed by atoms with van der Waals surface area (Å²) in [6.45, 7) is 0. The van der Waals surface area contributed by atoms with E-state index in [0.29, 0.717) is 20.5 Å². The molecule has 4 aromatic rings. The Morgan fingerprint density at radius 2 is 1.88 bits per heavy atom. The van der Waals surface area contributed by atoms with Gasteiger partial charge >= 0.3 is 0 Å². The average molecular weight is 384 g/mol. The van der Waals surface area contributed by atoms with Crippen molar-refractivity contribution in [1.82, 2.24) is 10.2 Å². The second kappa shape index (κ2) is 6.70. The van der Waals surface area contributed by atoms with E-state index >= 15 is 0 Å².